The monoisotopic (exact) mass is 454 g/mol. The van der Waals surface area contributed by atoms with Gasteiger partial charge in [0.2, 0.25) is 0 Å². The lowest BCUT2D eigenvalue weighted by molar-refractivity contribution is 1.12. The SMILES string of the molecule is CSc1ccccc1C(Br)c1cc(Br)sc1Br. The molecule has 0 saturated carbocycles. The number of thiophene rings is 1. The Bertz CT molecular complexity index is 522. The smallest absolute Gasteiger partial charge is 0.0757 e. The van der Waals surface area contributed by atoms with Crippen LogP contribution in [0.15, 0.2) is 42.8 Å². The molecule has 17 heavy (non-hydrogen) atoms. The highest BCUT2D eigenvalue weighted by atomic mass is 79.9. The van der Waals surface area contributed by atoms with Crippen molar-refractivity contribution >= 4 is 70.9 Å². The van der Waals surface area contributed by atoms with Crippen molar-refractivity contribution in [1.82, 2.24) is 0 Å². The molecule has 90 valence electrons. The molecule has 0 fully saturated rings. The van der Waals surface area contributed by atoms with Crippen LogP contribution in [0.3, 0.4) is 0 Å². The minimum Gasteiger partial charge on any atom is -0.129 e. The summed E-state index contributed by atoms with van der Waals surface area (Å²) >= 11 is 14.4. The van der Waals surface area contributed by atoms with Gasteiger partial charge in [0.05, 0.1) is 12.4 Å². The van der Waals surface area contributed by atoms with E-state index in [-0.39, 0.29) is 4.83 Å². The van der Waals surface area contributed by atoms with E-state index >= 15 is 0 Å². The first kappa shape index (κ1) is 14.1. The average molecular weight is 457 g/mol. The van der Waals surface area contributed by atoms with Crippen LogP contribution in [0.5, 0.6) is 0 Å². The molecule has 0 N–H and O–H groups in total. The molecular weight excluding hydrogens is 448 g/mol. The molecule has 0 aliphatic rings. The molecular formula is C12H9Br3S2. The van der Waals surface area contributed by atoms with Gasteiger partial charge < -0.3 is 0 Å². The van der Waals surface area contributed by atoms with Gasteiger partial charge in [0.25, 0.3) is 0 Å². The second-order valence-corrected chi connectivity index (χ2v) is 8.90. The van der Waals surface area contributed by atoms with E-state index in [0.717, 1.165) is 3.79 Å². The van der Waals surface area contributed by atoms with Gasteiger partial charge in [-0.05, 0) is 61.4 Å². The minimum atomic E-state index is 0.225. The van der Waals surface area contributed by atoms with E-state index in [9.17, 15) is 0 Å². The number of rotatable bonds is 3. The van der Waals surface area contributed by atoms with Crippen molar-refractivity contribution in [2.45, 2.75) is 9.72 Å². The molecule has 1 atom stereocenters. The molecule has 0 spiro atoms. The number of thioether (sulfide) groups is 1. The van der Waals surface area contributed by atoms with Crippen LogP contribution in [-0.4, -0.2) is 6.26 Å². The van der Waals surface area contributed by atoms with E-state index in [0.29, 0.717) is 0 Å². The Morgan fingerprint density at radius 2 is 1.88 bits per heavy atom. The van der Waals surface area contributed by atoms with Crippen LogP contribution in [-0.2, 0) is 0 Å². The summed E-state index contributed by atoms with van der Waals surface area (Å²) in [6.45, 7) is 0. The van der Waals surface area contributed by atoms with Crippen molar-refractivity contribution in [3.05, 3.63) is 49.0 Å². The summed E-state index contributed by atoms with van der Waals surface area (Å²) in [5, 5.41) is 0. The second-order valence-electron chi connectivity index (χ2n) is 3.38. The number of halogens is 3. The predicted molar refractivity (Wildman–Crippen MR) is 88.7 cm³/mol. The van der Waals surface area contributed by atoms with Crippen molar-refractivity contribution in [2.75, 3.05) is 6.26 Å². The fourth-order valence-corrected chi connectivity index (χ4v) is 6.48. The highest BCUT2D eigenvalue weighted by Gasteiger charge is 2.18. The molecule has 0 nitrogen and oxygen atoms in total. The lowest BCUT2D eigenvalue weighted by atomic mass is 10.1. The molecule has 5 heteroatoms. The van der Waals surface area contributed by atoms with Gasteiger partial charge in [-0.15, -0.1) is 23.1 Å². The van der Waals surface area contributed by atoms with Crippen LogP contribution in [0, 0.1) is 0 Å². The van der Waals surface area contributed by atoms with Crippen LogP contribution in [0.1, 0.15) is 16.0 Å². The Morgan fingerprint density at radius 1 is 1.18 bits per heavy atom. The van der Waals surface area contributed by atoms with E-state index < -0.39 is 0 Å². The van der Waals surface area contributed by atoms with Gasteiger partial charge >= 0.3 is 0 Å². The van der Waals surface area contributed by atoms with Crippen molar-refractivity contribution in [3.8, 4) is 0 Å². The van der Waals surface area contributed by atoms with Crippen LogP contribution in [0.2, 0.25) is 0 Å². The zero-order chi connectivity index (χ0) is 12.4. The summed E-state index contributed by atoms with van der Waals surface area (Å²) in [5.41, 5.74) is 2.58. The van der Waals surface area contributed by atoms with E-state index in [1.807, 2.05) is 0 Å². The van der Waals surface area contributed by atoms with Crippen LogP contribution < -0.4 is 0 Å². The molecule has 1 aromatic carbocycles. The maximum Gasteiger partial charge on any atom is 0.0757 e. The second kappa shape index (κ2) is 6.24. The molecule has 2 rings (SSSR count). The van der Waals surface area contributed by atoms with E-state index in [2.05, 4.69) is 84.4 Å². The topological polar surface area (TPSA) is 0 Å². The van der Waals surface area contributed by atoms with Gasteiger partial charge in [-0.1, -0.05) is 34.1 Å². The Balaban J connectivity index is 2.43. The molecule has 0 radical (unpaired) electrons. The summed E-state index contributed by atoms with van der Waals surface area (Å²) in [4.78, 5) is 1.53. The third kappa shape index (κ3) is 3.18. The Labute approximate surface area is 135 Å². The number of alkyl halides is 1. The van der Waals surface area contributed by atoms with Crippen molar-refractivity contribution in [3.63, 3.8) is 0 Å². The van der Waals surface area contributed by atoms with E-state index in [1.165, 1.54) is 19.8 Å². The van der Waals surface area contributed by atoms with Crippen LogP contribution >= 0.6 is 70.9 Å². The summed E-state index contributed by atoms with van der Waals surface area (Å²) in [7, 11) is 0. The zero-order valence-electron chi connectivity index (χ0n) is 8.91. The highest BCUT2D eigenvalue weighted by Crippen LogP contribution is 2.43. The van der Waals surface area contributed by atoms with E-state index in [1.54, 1.807) is 23.1 Å². The Hall–Kier alpha value is 0.710. The molecule has 0 aliphatic heterocycles. The molecule has 1 aromatic heterocycles. The standard InChI is InChI=1S/C12H9Br3S2/c1-16-9-5-3-2-4-7(9)11(14)8-6-10(13)17-12(8)15/h2-6,11H,1H3. The fourth-order valence-electron chi connectivity index (χ4n) is 1.57. The van der Waals surface area contributed by atoms with Gasteiger partial charge in [-0.3, -0.25) is 0 Å². The fraction of sp³-hybridized carbons (Fsp3) is 0.167. The summed E-state index contributed by atoms with van der Waals surface area (Å²) < 4.78 is 2.31. The maximum absolute atomic E-state index is 3.79. The Morgan fingerprint density at radius 3 is 2.47 bits per heavy atom. The first-order valence-corrected chi connectivity index (χ1v) is 9.39. The summed E-state index contributed by atoms with van der Waals surface area (Å²) in [5.74, 6) is 0. The van der Waals surface area contributed by atoms with Gasteiger partial charge in [0.1, 0.15) is 0 Å². The molecule has 0 amide bonds. The van der Waals surface area contributed by atoms with Gasteiger partial charge in [-0.2, -0.15) is 0 Å². The summed E-state index contributed by atoms with van der Waals surface area (Å²) in [6, 6.07) is 10.6. The number of hydrogen-bond acceptors (Lipinski definition) is 2. The molecule has 0 aliphatic carbocycles. The summed E-state index contributed by atoms with van der Waals surface area (Å²) in [6.07, 6.45) is 2.11. The zero-order valence-corrected chi connectivity index (χ0v) is 15.3. The molecule has 1 unspecified atom stereocenters. The lowest BCUT2D eigenvalue weighted by Crippen LogP contribution is -1.93. The van der Waals surface area contributed by atoms with Crippen molar-refractivity contribution in [1.29, 1.82) is 0 Å². The van der Waals surface area contributed by atoms with Gasteiger partial charge in [-0.25, -0.2) is 0 Å². The van der Waals surface area contributed by atoms with Crippen molar-refractivity contribution in [2.24, 2.45) is 0 Å². The molecule has 0 bridgehead atoms. The third-order valence-corrected chi connectivity index (χ3v) is 6.55. The normalized spacial score (nSPS) is 12.7. The minimum absolute atomic E-state index is 0.225. The quantitative estimate of drug-likeness (QED) is 0.376. The molecule has 1 heterocycles. The van der Waals surface area contributed by atoms with Crippen LogP contribution in [0.25, 0.3) is 0 Å². The van der Waals surface area contributed by atoms with E-state index in [4.69, 9.17) is 0 Å². The average Bonchev–Trinajstić information content (AvgIpc) is 2.67. The number of benzene rings is 1. The third-order valence-electron chi connectivity index (χ3n) is 2.37. The van der Waals surface area contributed by atoms with Crippen LogP contribution in [0.4, 0.5) is 0 Å². The first-order chi connectivity index (χ1) is 8.13. The maximum atomic E-state index is 3.79. The Kier molecular flexibility index (Phi) is 5.18. The predicted octanol–water partition coefficient (Wildman–Crippen LogP) is 6.48. The molecule has 0 saturated heterocycles. The lowest BCUT2D eigenvalue weighted by Gasteiger charge is -2.13. The van der Waals surface area contributed by atoms with Gasteiger partial charge in [0.15, 0.2) is 0 Å². The molecule has 2 aromatic rings. The highest BCUT2D eigenvalue weighted by molar-refractivity contribution is 9.12. The first-order valence-electron chi connectivity index (χ1n) is 4.85. The largest absolute Gasteiger partial charge is 0.129 e. The number of hydrogen-bond donors (Lipinski definition) is 0. The van der Waals surface area contributed by atoms with Gasteiger partial charge in [0, 0.05) is 4.90 Å². The van der Waals surface area contributed by atoms with Crippen molar-refractivity contribution < 1.29 is 0 Å².